The largest absolute Gasteiger partial charge is 0.590 e. The fraction of sp³-hybridized carbons (Fsp3) is 0.0769. The molecular formula is C13H11Cl2O4P. The van der Waals surface area contributed by atoms with Crippen molar-refractivity contribution in [2.45, 2.75) is 5.02 Å². The lowest BCUT2D eigenvalue weighted by molar-refractivity contribution is 0.225. The molecule has 2 aromatic carbocycles. The number of benzene rings is 2. The van der Waals surface area contributed by atoms with Gasteiger partial charge in [0.05, 0.1) is 0 Å². The molecule has 0 aromatic heterocycles. The highest BCUT2D eigenvalue weighted by Gasteiger charge is 2.33. The Morgan fingerprint density at radius 1 is 0.800 bits per heavy atom. The maximum atomic E-state index is 12.5. The van der Waals surface area contributed by atoms with Gasteiger partial charge in [0.25, 0.3) is 0 Å². The van der Waals surface area contributed by atoms with E-state index >= 15 is 0 Å². The van der Waals surface area contributed by atoms with Crippen LogP contribution in [0.15, 0.2) is 60.7 Å². The smallest absolute Gasteiger partial charge is 0.395 e. The Hall–Kier alpha value is -1.19. The topological polar surface area (TPSA) is 44.8 Å². The van der Waals surface area contributed by atoms with Crippen molar-refractivity contribution in [2.75, 3.05) is 0 Å². The van der Waals surface area contributed by atoms with E-state index in [1.807, 2.05) is 0 Å². The molecule has 0 aliphatic rings. The van der Waals surface area contributed by atoms with Gasteiger partial charge in [0.2, 0.25) is 5.02 Å². The van der Waals surface area contributed by atoms with E-state index in [9.17, 15) is 4.57 Å². The first-order valence-electron chi connectivity index (χ1n) is 5.63. The van der Waals surface area contributed by atoms with Crippen LogP contribution in [0.25, 0.3) is 0 Å². The van der Waals surface area contributed by atoms with Crippen LogP contribution in [-0.2, 0) is 9.09 Å². The molecule has 0 bridgehead atoms. The van der Waals surface area contributed by atoms with E-state index < -0.39 is 12.8 Å². The number of phosphoric acid groups is 1. The van der Waals surface area contributed by atoms with Crippen LogP contribution in [0.1, 0.15) is 0 Å². The third-order valence-corrected chi connectivity index (χ3v) is 3.89. The van der Waals surface area contributed by atoms with Gasteiger partial charge in [0.1, 0.15) is 11.5 Å². The molecule has 0 heterocycles. The molecular weight excluding hydrogens is 322 g/mol. The number of alkyl halides is 2. The Morgan fingerprint density at radius 2 is 1.20 bits per heavy atom. The van der Waals surface area contributed by atoms with E-state index in [1.165, 1.54) is 0 Å². The molecule has 20 heavy (non-hydrogen) atoms. The highest BCUT2D eigenvalue weighted by Crippen LogP contribution is 2.51. The standard InChI is InChI=1S/C13H11Cl2O4P/c14-13(15)19-20(16,17-11-7-3-1-4-8-11)18-12-9-5-2-6-10-12/h1-10,13H. The zero-order valence-corrected chi connectivity index (χ0v) is 12.6. The minimum Gasteiger partial charge on any atom is -0.395 e. The van der Waals surface area contributed by atoms with Gasteiger partial charge in [-0.2, -0.15) is 0 Å². The first-order chi connectivity index (χ1) is 9.57. The Kier molecular flexibility index (Phi) is 5.32. The summed E-state index contributed by atoms with van der Waals surface area (Å²) in [5.41, 5.74) is 0. The fourth-order valence-corrected chi connectivity index (χ4v) is 3.04. The molecule has 0 atom stereocenters. The minimum atomic E-state index is -3.98. The molecule has 0 N–H and O–H groups in total. The minimum absolute atomic E-state index is 0.320. The molecule has 0 radical (unpaired) electrons. The summed E-state index contributed by atoms with van der Waals surface area (Å²) in [6, 6.07) is 16.9. The number of rotatable bonds is 6. The summed E-state index contributed by atoms with van der Waals surface area (Å²) in [7, 11) is -3.98. The lowest BCUT2D eigenvalue weighted by Crippen LogP contribution is -2.07. The van der Waals surface area contributed by atoms with E-state index in [0.29, 0.717) is 11.5 Å². The van der Waals surface area contributed by atoms with Gasteiger partial charge in [0, 0.05) is 0 Å². The summed E-state index contributed by atoms with van der Waals surface area (Å²) in [5.74, 6) is 0.640. The molecule has 0 amide bonds. The molecule has 2 rings (SSSR count). The summed E-state index contributed by atoms with van der Waals surface area (Å²) in [5, 5.41) is -1.34. The van der Waals surface area contributed by atoms with Crippen molar-refractivity contribution in [3.8, 4) is 11.5 Å². The molecule has 0 saturated carbocycles. The van der Waals surface area contributed by atoms with Gasteiger partial charge >= 0.3 is 7.82 Å². The van der Waals surface area contributed by atoms with E-state index in [0.717, 1.165) is 0 Å². The van der Waals surface area contributed by atoms with Crippen molar-refractivity contribution >= 4 is 31.0 Å². The van der Waals surface area contributed by atoms with Crippen molar-refractivity contribution < 1.29 is 18.1 Å². The molecule has 0 unspecified atom stereocenters. The summed E-state index contributed by atoms with van der Waals surface area (Å²) in [4.78, 5) is 0. The molecule has 0 fully saturated rings. The Morgan fingerprint density at radius 3 is 1.55 bits per heavy atom. The lowest BCUT2D eigenvalue weighted by atomic mass is 10.3. The molecule has 4 nitrogen and oxygen atoms in total. The summed E-state index contributed by atoms with van der Waals surface area (Å²) in [6.45, 7) is 0. The predicted molar refractivity (Wildman–Crippen MR) is 78.3 cm³/mol. The van der Waals surface area contributed by atoms with Gasteiger partial charge in [-0.3, -0.25) is 0 Å². The van der Waals surface area contributed by atoms with Gasteiger partial charge in [-0.15, -0.1) is 0 Å². The third-order valence-electron chi connectivity index (χ3n) is 2.13. The van der Waals surface area contributed by atoms with Crippen LogP contribution in [0.3, 0.4) is 0 Å². The van der Waals surface area contributed by atoms with E-state index in [2.05, 4.69) is 0 Å². The first-order valence-corrected chi connectivity index (χ1v) is 7.97. The highest BCUT2D eigenvalue weighted by molar-refractivity contribution is 7.49. The van der Waals surface area contributed by atoms with E-state index in [-0.39, 0.29) is 0 Å². The second kappa shape index (κ2) is 7.00. The molecule has 2 aromatic rings. The second-order valence-electron chi connectivity index (χ2n) is 3.62. The lowest BCUT2D eigenvalue weighted by Gasteiger charge is -2.19. The van der Waals surface area contributed by atoms with Crippen molar-refractivity contribution in [3.63, 3.8) is 0 Å². The van der Waals surface area contributed by atoms with Crippen molar-refractivity contribution in [1.82, 2.24) is 0 Å². The van der Waals surface area contributed by atoms with Crippen LogP contribution in [0.5, 0.6) is 11.5 Å². The van der Waals surface area contributed by atoms with Crippen LogP contribution < -0.4 is 9.05 Å². The van der Waals surface area contributed by atoms with Gasteiger partial charge in [-0.1, -0.05) is 59.6 Å². The predicted octanol–water partition coefficient (Wildman–Crippen LogP) is 5.03. The number of hydrogen-bond acceptors (Lipinski definition) is 4. The van der Waals surface area contributed by atoms with Crippen LogP contribution in [0, 0.1) is 0 Å². The number of phosphoric ester groups is 1. The van der Waals surface area contributed by atoms with Crippen LogP contribution in [0.4, 0.5) is 0 Å². The normalized spacial score (nSPS) is 11.3. The molecule has 0 spiro atoms. The average Bonchev–Trinajstić information content (AvgIpc) is 2.39. The molecule has 0 saturated heterocycles. The zero-order valence-electron chi connectivity index (χ0n) is 10.2. The number of halogens is 2. The van der Waals surface area contributed by atoms with Crippen LogP contribution in [0.2, 0.25) is 0 Å². The summed E-state index contributed by atoms with van der Waals surface area (Å²) >= 11 is 11.0. The quantitative estimate of drug-likeness (QED) is 0.549. The maximum Gasteiger partial charge on any atom is 0.590 e. The Balaban J connectivity index is 2.19. The zero-order chi connectivity index (χ0) is 14.4. The SMILES string of the molecule is O=P(Oc1ccccc1)(Oc1ccccc1)OC(Cl)Cl. The average molecular weight is 333 g/mol. The van der Waals surface area contributed by atoms with Crippen LogP contribution >= 0.6 is 31.0 Å². The van der Waals surface area contributed by atoms with Gasteiger partial charge < -0.3 is 9.05 Å². The Labute approximate surface area is 126 Å². The maximum absolute atomic E-state index is 12.5. The van der Waals surface area contributed by atoms with E-state index in [4.69, 9.17) is 36.8 Å². The fourth-order valence-electron chi connectivity index (χ4n) is 1.38. The second-order valence-corrected chi connectivity index (χ2v) is 6.11. The van der Waals surface area contributed by atoms with Gasteiger partial charge in [0.15, 0.2) is 0 Å². The van der Waals surface area contributed by atoms with Crippen molar-refractivity contribution in [2.24, 2.45) is 0 Å². The van der Waals surface area contributed by atoms with Gasteiger partial charge in [-0.05, 0) is 24.3 Å². The summed E-state index contributed by atoms with van der Waals surface area (Å²) in [6.07, 6.45) is 0. The molecule has 7 heteroatoms. The van der Waals surface area contributed by atoms with Gasteiger partial charge in [-0.25, -0.2) is 9.09 Å². The highest BCUT2D eigenvalue weighted by atomic mass is 35.5. The first kappa shape index (κ1) is 15.2. The van der Waals surface area contributed by atoms with E-state index in [1.54, 1.807) is 60.7 Å². The molecule has 0 aliphatic heterocycles. The Bertz CT molecular complexity index is 532. The van der Waals surface area contributed by atoms with Crippen molar-refractivity contribution in [1.29, 1.82) is 0 Å². The molecule has 106 valence electrons. The van der Waals surface area contributed by atoms with Crippen molar-refractivity contribution in [3.05, 3.63) is 60.7 Å². The summed E-state index contributed by atoms with van der Waals surface area (Å²) < 4.78 is 27.9. The third kappa shape index (κ3) is 4.73. The monoisotopic (exact) mass is 332 g/mol. The number of hydrogen-bond donors (Lipinski definition) is 0. The number of para-hydroxylation sites is 2. The molecule has 0 aliphatic carbocycles. The van der Waals surface area contributed by atoms with Crippen LogP contribution in [-0.4, -0.2) is 5.02 Å².